The van der Waals surface area contributed by atoms with Gasteiger partial charge >= 0.3 is 0 Å². The van der Waals surface area contributed by atoms with Crippen LogP contribution >= 0.6 is 23.1 Å². The van der Waals surface area contributed by atoms with E-state index in [4.69, 9.17) is 4.52 Å². The van der Waals surface area contributed by atoms with E-state index in [1.807, 2.05) is 18.4 Å². The number of halogens is 1. The average molecular weight is 357 g/mol. The number of fused-ring (bicyclic) bond motifs is 1. The predicted molar refractivity (Wildman–Crippen MR) is 93.6 cm³/mol. The maximum atomic E-state index is 13.1. The van der Waals surface area contributed by atoms with Gasteiger partial charge in [-0.25, -0.2) is 14.4 Å². The summed E-state index contributed by atoms with van der Waals surface area (Å²) in [7, 11) is 0. The lowest BCUT2D eigenvalue weighted by Gasteiger charge is -2.01. The highest BCUT2D eigenvalue weighted by Crippen LogP contribution is 2.32. The van der Waals surface area contributed by atoms with E-state index >= 15 is 0 Å². The molecule has 4 rings (SSSR count). The highest BCUT2D eigenvalue weighted by molar-refractivity contribution is 7.98. The van der Waals surface area contributed by atoms with Crippen molar-refractivity contribution in [3.8, 4) is 11.3 Å². The first-order chi connectivity index (χ1) is 11.7. The lowest BCUT2D eigenvalue weighted by molar-refractivity contribution is 0.426. The second-order valence-electron chi connectivity index (χ2n) is 5.20. The molecule has 0 N–H and O–H groups in total. The van der Waals surface area contributed by atoms with Gasteiger partial charge in [-0.05, 0) is 42.6 Å². The maximum absolute atomic E-state index is 13.1. The number of benzene rings is 1. The zero-order valence-electron chi connectivity index (χ0n) is 12.7. The van der Waals surface area contributed by atoms with E-state index in [9.17, 15) is 4.39 Å². The van der Waals surface area contributed by atoms with Crippen molar-refractivity contribution in [3.05, 3.63) is 59.1 Å². The van der Waals surface area contributed by atoms with Gasteiger partial charge in [0.2, 0.25) is 0 Å². The Labute approximate surface area is 145 Å². The molecule has 3 heterocycles. The molecule has 0 radical (unpaired) electrons. The highest BCUT2D eigenvalue weighted by Gasteiger charge is 2.15. The summed E-state index contributed by atoms with van der Waals surface area (Å²) >= 11 is 3.21. The van der Waals surface area contributed by atoms with Gasteiger partial charge in [0.1, 0.15) is 22.0 Å². The number of thioether (sulfide) groups is 1. The van der Waals surface area contributed by atoms with Crippen molar-refractivity contribution in [3.63, 3.8) is 0 Å². The molecular weight excluding hydrogens is 345 g/mol. The number of aromatic nitrogens is 3. The molecule has 24 heavy (non-hydrogen) atoms. The molecule has 0 aliphatic rings. The van der Waals surface area contributed by atoms with Gasteiger partial charge in [0.15, 0.2) is 5.76 Å². The van der Waals surface area contributed by atoms with Gasteiger partial charge in [-0.2, -0.15) is 0 Å². The lowest BCUT2D eigenvalue weighted by Crippen LogP contribution is -1.88. The number of thiophene rings is 1. The Balaban J connectivity index is 1.57. The second kappa shape index (κ2) is 6.33. The molecule has 0 amide bonds. The Morgan fingerprint density at radius 1 is 1.17 bits per heavy atom. The first kappa shape index (κ1) is 15.3. The first-order valence-corrected chi connectivity index (χ1v) is 9.11. The van der Waals surface area contributed by atoms with Crippen LogP contribution in [0.1, 0.15) is 11.3 Å². The summed E-state index contributed by atoms with van der Waals surface area (Å²) in [6.07, 6.45) is 1.58. The van der Waals surface area contributed by atoms with Crippen LogP contribution in [-0.4, -0.2) is 15.1 Å². The van der Waals surface area contributed by atoms with Crippen molar-refractivity contribution >= 4 is 33.3 Å². The monoisotopic (exact) mass is 357 g/mol. The van der Waals surface area contributed by atoms with Crippen LogP contribution in [0.25, 0.3) is 21.5 Å². The summed E-state index contributed by atoms with van der Waals surface area (Å²) in [4.78, 5) is 9.59. The summed E-state index contributed by atoms with van der Waals surface area (Å²) in [5.74, 6) is 1.06. The van der Waals surface area contributed by atoms with Gasteiger partial charge in [-0.3, -0.25) is 0 Å². The molecule has 0 spiro atoms. The van der Waals surface area contributed by atoms with Crippen LogP contribution in [0.15, 0.2) is 51.6 Å². The largest absolute Gasteiger partial charge is 0.356 e. The predicted octanol–water partition coefficient (Wildman–Crippen LogP) is 5.09. The summed E-state index contributed by atoms with van der Waals surface area (Å²) in [6, 6.07) is 8.25. The minimum atomic E-state index is -0.268. The molecule has 4 aromatic rings. The van der Waals surface area contributed by atoms with Crippen molar-refractivity contribution in [1.82, 2.24) is 15.1 Å². The Morgan fingerprint density at radius 3 is 2.83 bits per heavy atom. The molecule has 0 aliphatic heterocycles. The van der Waals surface area contributed by atoms with Crippen LogP contribution in [0.5, 0.6) is 0 Å². The molecule has 0 fully saturated rings. The molecule has 0 atom stereocenters. The molecule has 0 saturated heterocycles. The van der Waals surface area contributed by atoms with Crippen molar-refractivity contribution in [2.24, 2.45) is 0 Å². The fourth-order valence-corrected chi connectivity index (χ4v) is 4.17. The zero-order chi connectivity index (χ0) is 16.5. The van der Waals surface area contributed by atoms with Crippen LogP contribution in [-0.2, 0) is 5.75 Å². The Bertz CT molecular complexity index is 995. The summed E-state index contributed by atoms with van der Waals surface area (Å²) in [6.45, 7) is 1.96. The number of nitrogens with zero attached hydrogens (tertiary/aromatic N) is 3. The van der Waals surface area contributed by atoms with Crippen molar-refractivity contribution in [2.45, 2.75) is 17.7 Å². The average Bonchev–Trinajstić information content (AvgIpc) is 3.21. The summed E-state index contributed by atoms with van der Waals surface area (Å²) < 4.78 is 18.5. The number of hydrogen-bond acceptors (Lipinski definition) is 6. The van der Waals surface area contributed by atoms with E-state index in [2.05, 4.69) is 15.1 Å². The van der Waals surface area contributed by atoms with E-state index in [0.29, 0.717) is 11.5 Å². The Kier molecular flexibility index (Phi) is 4.03. The maximum Gasteiger partial charge on any atom is 0.170 e. The molecule has 120 valence electrons. The third-order valence-electron chi connectivity index (χ3n) is 3.70. The molecule has 0 unspecified atom stereocenters. The number of hydrogen-bond donors (Lipinski definition) is 0. The standard InChI is InChI=1S/C17H12FN3OS2/c1-10-14(21-22-15(10)11-2-4-12(18)5-3-11)8-24-17-13-6-7-23-16(13)19-9-20-17/h2-7,9H,8H2,1H3. The highest BCUT2D eigenvalue weighted by atomic mass is 32.2. The van der Waals surface area contributed by atoms with Crippen molar-refractivity contribution in [2.75, 3.05) is 0 Å². The van der Waals surface area contributed by atoms with Crippen molar-refractivity contribution in [1.29, 1.82) is 0 Å². The van der Waals surface area contributed by atoms with E-state index in [0.717, 1.165) is 32.1 Å². The van der Waals surface area contributed by atoms with E-state index in [1.54, 1.807) is 41.6 Å². The third kappa shape index (κ3) is 2.81. The van der Waals surface area contributed by atoms with Crippen molar-refractivity contribution < 1.29 is 8.91 Å². The minimum Gasteiger partial charge on any atom is -0.356 e. The lowest BCUT2D eigenvalue weighted by atomic mass is 10.1. The molecule has 7 heteroatoms. The van der Waals surface area contributed by atoms with E-state index in [1.165, 1.54) is 12.1 Å². The Hall–Kier alpha value is -2.25. The van der Waals surface area contributed by atoms with Crippen LogP contribution in [0.3, 0.4) is 0 Å². The van der Waals surface area contributed by atoms with Crippen LogP contribution in [0.2, 0.25) is 0 Å². The Morgan fingerprint density at radius 2 is 2.00 bits per heavy atom. The molecule has 4 nitrogen and oxygen atoms in total. The molecule has 0 saturated carbocycles. The molecular formula is C17H12FN3OS2. The quantitative estimate of drug-likeness (QED) is 0.376. The van der Waals surface area contributed by atoms with Gasteiger partial charge in [-0.15, -0.1) is 11.3 Å². The summed E-state index contributed by atoms with van der Waals surface area (Å²) in [5.41, 5.74) is 2.64. The van der Waals surface area contributed by atoms with Crippen LogP contribution in [0, 0.1) is 12.7 Å². The van der Waals surface area contributed by atoms with E-state index < -0.39 is 0 Å². The van der Waals surface area contributed by atoms with Gasteiger partial charge in [-0.1, -0.05) is 16.9 Å². The van der Waals surface area contributed by atoms with Gasteiger partial charge < -0.3 is 4.52 Å². The van der Waals surface area contributed by atoms with Gasteiger partial charge in [0, 0.05) is 22.3 Å². The molecule has 0 aliphatic carbocycles. The number of rotatable bonds is 4. The topological polar surface area (TPSA) is 51.8 Å². The van der Waals surface area contributed by atoms with Crippen LogP contribution < -0.4 is 0 Å². The second-order valence-corrected chi connectivity index (χ2v) is 7.06. The minimum absolute atomic E-state index is 0.268. The third-order valence-corrected chi connectivity index (χ3v) is 5.54. The van der Waals surface area contributed by atoms with E-state index in [-0.39, 0.29) is 5.82 Å². The van der Waals surface area contributed by atoms with Gasteiger partial charge in [0.25, 0.3) is 0 Å². The SMILES string of the molecule is Cc1c(CSc2ncnc3sccc23)noc1-c1ccc(F)cc1. The molecule has 3 aromatic heterocycles. The zero-order valence-corrected chi connectivity index (χ0v) is 14.3. The molecule has 0 bridgehead atoms. The van der Waals surface area contributed by atoms with Crippen LogP contribution in [0.4, 0.5) is 4.39 Å². The normalized spacial score (nSPS) is 11.2. The first-order valence-electron chi connectivity index (χ1n) is 7.24. The fraction of sp³-hybridized carbons (Fsp3) is 0.118. The summed E-state index contributed by atoms with van der Waals surface area (Å²) in [5, 5.41) is 8.18. The smallest absolute Gasteiger partial charge is 0.170 e. The fourth-order valence-electron chi connectivity index (χ4n) is 2.39. The molecule has 1 aromatic carbocycles. The van der Waals surface area contributed by atoms with Gasteiger partial charge in [0.05, 0.1) is 5.69 Å².